The zero-order valence-corrected chi connectivity index (χ0v) is 18.6. The van der Waals surface area contributed by atoms with Gasteiger partial charge in [-0.3, -0.25) is 14.4 Å². The maximum atomic E-state index is 13.3. The minimum Gasteiger partial charge on any atom is -0.335 e. The average Bonchev–Trinajstić information content (AvgIpc) is 2.77. The van der Waals surface area contributed by atoms with Crippen molar-refractivity contribution in [1.82, 2.24) is 19.8 Å². The number of aromatic nitrogens is 2. The Labute approximate surface area is 190 Å². The Bertz CT molecular complexity index is 1280. The summed E-state index contributed by atoms with van der Waals surface area (Å²) in [4.78, 5) is 48.3. The van der Waals surface area contributed by atoms with Crippen molar-refractivity contribution >= 4 is 40.4 Å². The number of aromatic amines is 1. The Hall–Kier alpha value is -3.45. The van der Waals surface area contributed by atoms with Crippen LogP contribution in [0.3, 0.4) is 0 Å². The molecule has 2 heterocycles. The van der Waals surface area contributed by atoms with E-state index in [1.807, 2.05) is 37.3 Å². The summed E-state index contributed by atoms with van der Waals surface area (Å²) < 4.78 is 0. The summed E-state index contributed by atoms with van der Waals surface area (Å²) in [5.41, 5.74) is 2.12. The van der Waals surface area contributed by atoms with Crippen molar-refractivity contribution in [3.63, 3.8) is 0 Å². The van der Waals surface area contributed by atoms with Gasteiger partial charge in [0.2, 0.25) is 11.8 Å². The molecule has 1 aliphatic rings. The molecule has 0 spiro atoms. The number of rotatable bonds is 5. The monoisotopic (exact) mass is 450 g/mol. The molecule has 1 aliphatic heterocycles. The number of halogens is 1. The molecule has 4 rings (SSSR count). The first kappa shape index (κ1) is 21.8. The first-order valence-electron chi connectivity index (χ1n) is 10.4. The van der Waals surface area contributed by atoms with Crippen LogP contribution in [0.4, 0.5) is 0 Å². The fourth-order valence-corrected chi connectivity index (χ4v) is 4.17. The molecule has 1 N–H and O–H groups in total. The van der Waals surface area contributed by atoms with Crippen LogP contribution in [-0.4, -0.2) is 38.1 Å². The zero-order chi connectivity index (χ0) is 22.8. The number of H-pyrrole nitrogens is 1. The van der Waals surface area contributed by atoms with E-state index in [1.165, 1.54) is 6.92 Å². The van der Waals surface area contributed by atoms with Crippen LogP contribution in [0.1, 0.15) is 43.3 Å². The normalized spacial score (nSPS) is 15.0. The highest BCUT2D eigenvalue weighted by molar-refractivity contribution is 6.31. The molecular formula is C24H23ClN4O3. The van der Waals surface area contributed by atoms with Crippen LogP contribution in [0.25, 0.3) is 17.0 Å². The van der Waals surface area contributed by atoms with Gasteiger partial charge >= 0.3 is 0 Å². The Morgan fingerprint density at radius 1 is 1.22 bits per heavy atom. The molecule has 1 aromatic heterocycles. The molecule has 0 fully saturated rings. The average molecular weight is 451 g/mol. The van der Waals surface area contributed by atoms with Gasteiger partial charge in [0.25, 0.3) is 5.56 Å². The molecule has 2 aromatic carbocycles. The predicted molar refractivity (Wildman–Crippen MR) is 124 cm³/mol. The second-order valence-electron chi connectivity index (χ2n) is 7.67. The Balaban J connectivity index is 1.59. The van der Waals surface area contributed by atoms with Crippen molar-refractivity contribution in [2.24, 2.45) is 0 Å². The van der Waals surface area contributed by atoms with Gasteiger partial charge in [-0.1, -0.05) is 35.9 Å². The number of fused-ring (bicyclic) bond motifs is 2. The highest BCUT2D eigenvalue weighted by Crippen LogP contribution is 2.33. The molecule has 0 saturated heterocycles. The SMILES string of the molecule is CCN(Cc1nc2cc(Cl)ccc2c(=O)[nH]1)C(=O)CC1c2ccccc2C=CN1C(C)=O. The predicted octanol–water partition coefficient (Wildman–Crippen LogP) is 3.89. The van der Waals surface area contributed by atoms with Gasteiger partial charge in [0.15, 0.2) is 0 Å². The second-order valence-corrected chi connectivity index (χ2v) is 8.11. The highest BCUT2D eigenvalue weighted by Gasteiger charge is 2.29. The van der Waals surface area contributed by atoms with Gasteiger partial charge in [-0.15, -0.1) is 0 Å². The summed E-state index contributed by atoms with van der Waals surface area (Å²) in [6.07, 6.45) is 3.73. The largest absolute Gasteiger partial charge is 0.335 e. The van der Waals surface area contributed by atoms with Gasteiger partial charge in [0, 0.05) is 24.7 Å². The number of amides is 2. The fourth-order valence-electron chi connectivity index (χ4n) is 4.00. The van der Waals surface area contributed by atoms with Crippen molar-refractivity contribution in [3.8, 4) is 0 Å². The van der Waals surface area contributed by atoms with Gasteiger partial charge in [-0.05, 0) is 42.3 Å². The molecule has 2 amide bonds. The maximum absolute atomic E-state index is 13.3. The molecule has 3 aromatic rings. The van der Waals surface area contributed by atoms with E-state index in [0.29, 0.717) is 28.3 Å². The molecule has 0 saturated carbocycles. The molecule has 8 heteroatoms. The lowest BCUT2D eigenvalue weighted by molar-refractivity contribution is -0.135. The van der Waals surface area contributed by atoms with Crippen LogP contribution < -0.4 is 5.56 Å². The first-order valence-corrected chi connectivity index (χ1v) is 10.8. The fraction of sp³-hybridized carbons (Fsp3) is 0.250. The quantitative estimate of drug-likeness (QED) is 0.639. The van der Waals surface area contributed by atoms with E-state index < -0.39 is 6.04 Å². The summed E-state index contributed by atoms with van der Waals surface area (Å²) in [6.45, 7) is 3.94. The van der Waals surface area contributed by atoms with E-state index in [9.17, 15) is 14.4 Å². The van der Waals surface area contributed by atoms with Gasteiger partial charge < -0.3 is 14.8 Å². The molecule has 0 bridgehead atoms. The van der Waals surface area contributed by atoms with Crippen LogP contribution >= 0.6 is 11.6 Å². The summed E-state index contributed by atoms with van der Waals surface area (Å²) in [6, 6.07) is 12.2. The van der Waals surface area contributed by atoms with Crippen LogP contribution in [0.15, 0.2) is 53.5 Å². The maximum Gasteiger partial charge on any atom is 0.258 e. The third-order valence-electron chi connectivity index (χ3n) is 5.63. The molecule has 1 unspecified atom stereocenters. The lowest BCUT2D eigenvalue weighted by atomic mass is 9.93. The van der Waals surface area contributed by atoms with E-state index in [2.05, 4.69) is 9.97 Å². The number of carbonyl (C=O) groups excluding carboxylic acids is 2. The Kier molecular flexibility index (Phi) is 6.10. The van der Waals surface area contributed by atoms with E-state index in [1.54, 1.807) is 34.2 Å². The van der Waals surface area contributed by atoms with Crippen LogP contribution in [0, 0.1) is 0 Å². The van der Waals surface area contributed by atoms with E-state index in [-0.39, 0.29) is 30.3 Å². The third kappa shape index (κ3) is 4.29. The molecule has 0 radical (unpaired) electrons. The van der Waals surface area contributed by atoms with E-state index in [4.69, 9.17) is 11.6 Å². The van der Waals surface area contributed by atoms with Gasteiger partial charge in [-0.25, -0.2) is 4.98 Å². The highest BCUT2D eigenvalue weighted by atomic mass is 35.5. The number of benzene rings is 2. The van der Waals surface area contributed by atoms with E-state index >= 15 is 0 Å². The Morgan fingerprint density at radius 3 is 2.75 bits per heavy atom. The van der Waals surface area contributed by atoms with Crippen LogP contribution in [-0.2, 0) is 16.1 Å². The van der Waals surface area contributed by atoms with Crippen molar-refractivity contribution in [3.05, 3.63) is 81.0 Å². The number of nitrogens with zero attached hydrogens (tertiary/aromatic N) is 3. The summed E-state index contributed by atoms with van der Waals surface area (Å²) in [7, 11) is 0. The summed E-state index contributed by atoms with van der Waals surface area (Å²) in [5, 5.41) is 0.925. The first-order chi connectivity index (χ1) is 15.4. The second kappa shape index (κ2) is 8.96. The lowest BCUT2D eigenvalue weighted by Crippen LogP contribution is -2.37. The number of hydrogen-bond donors (Lipinski definition) is 1. The lowest BCUT2D eigenvalue weighted by Gasteiger charge is -2.33. The molecule has 32 heavy (non-hydrogen) atoms. The van der Waals surface area contributed by atoms with Crippen LogP contribution in [0.5, 0.6) is 0 Å². The molecule has 1 atom stereocenters. The topological polar surface area (TPSA) is 86.4 Å². The van der Waals surface area contributed by atoms with Crippen molar-refractivity contribution in [2.75, 3.05) is 6.54 Å². The third-order valence-corrected chi connectivity index (χ3v) is 5.86. The molecule has 0 aliphatic carbocycles. The smallest absolute Gasteiger partial charge is 0.258 e. The van der Waals surface area contributed by atoms with E-state index in [0.717, 1.165) is 11.1 Å². The molecule has 164 valence electrons. The van der Waals surface area contributed by atoms with Gasteiger partial charge in [0.05, 0.1) is 29.9 Å². The number of hydrogen-bond acceptors (Lipinski definition) is 4. The van der Waals surface area contributed by atoms with Gasteiger partial charge in [0.1, 0.15) is 5.82 Å². The van der Waals surface area contributed by atoms with Crippen molar-refractivity contribution < 1.29 is 9.59 Å². The van der Waals surface area contributed by atoms with Crippen molar-refractivity contribution in [2.45, 2.75) is 32.9 Å². The number of nitrogens with one attached hydrogen (secondary N) is 1. The minimum atomic E-state index is -0.391. The Morgan fingerprint density at radius 2 is 2.00 bits per heavy atom. The summed E-state index contributed by atoms with van der Waals surface area (Å²) >= 11 is 6.04. The zero-order valence-electron chi connectivity index (χ0n) is 17.8. The minimum absolute atomic E-state index is 0.123. The summed E-state index contributed by atoms with van der Waals surface area (Å²) in [5.74, 6) is 0.115. The molecular weight excluding hydrogens is 428 g/mol. The standard InChI is InChI=1S/C24H23ClN4O3/c1-3-28(14-22-26-20-12-17(25)8-9-19(20)24(32)27-22)23(31)13-21-18-7-5-4-6-16(18)10-11-29(21)15(2)30/h4-12,21H,3,13-14H2,1-2H3,(H,26,27,32). The van der Waals surface area contributed by atoms with Crippen LogP contribution in [0.2, 0.25) is 5.02 Å². The van der Waals surface area contributed by atoms with Gasteiger partial charge in [-0.2, -0.15) is 0 Å². The molecule has 7 nitrogen and oxygen atoms in total. The number of carbonyl (C=O) groups is 2. The van der Waals surface area contributed by atoms with Crippen molar-refractivity contribution in [1.29, 1.82) is 0 Å².